The molecule has 0 N–H and O–H groups in total. The van der Waals surface area contributed by atoms with Crippen molar-refractivity contribution in [2.24, 2.45) is 7.05 Å². The average molecular weight is 279 g/mol. The average Bonchev–Trinajstić information content (AvgIpc) is 2.88. The summed E-state index contributed by atoms with van der Waals surface area (Å²) in [6.07, 6.45) is 1.58. The van der Waals surface area contributed by atoms with E-state index in [2.05, 4.69) is 4.98 Å². The normalized spacial score (nSPS) is 11.3. The lowest BCUT2D eigenvalue weighted by atomic mass is 10.3. The van der Waals surface area contributed by atoms with E-state index in [4.69, 9.17) is 20.8 Å². The van der Waals surface area contributed by atoms with E-state index in [1.54, 1.807) is 36.9 Å². The van der Waals surface area contributed by atoms with Gasteiger partial charge in [0.15, 0.2) is 5.58 Å². The van der Waals surface area contributed by atoms with Crippen molar-refractivity contribution >= 4 is 39.6 Å². The minimum atomic E-state index is -0.385. The summed E-state index contributed by atoms with van der Waals surface area (Å²) in [5.41, 5.74) is 2.42. The number of halogens is 1. The highest BCUT2D eigenvalue weighted by atomic mass is 35.5. The Morgan fingerprint density at radius 1 is 1.53 bits per heavy atom. The highest BCUT2D eigenvalue weighted by Crippen LogP contribution is 2.34. The second kappa shape index (κ2) is 4.28. The third-order valence-corrected chi connectivity index (χ3v) is 3.29. The number of carbonyl (C=O) groups excluding carboxylic acids is 1. The molecule has 5 nitrogen and oxygen atoms in total. The second-order valence-corrected chi connectivity index (χ2v) is 4.46. The number of aryl methyl sites for hydroxylation is 1. The molecule has 19 heavy (non-hydrogen) atoms. The first-order valence-corrected chi connectivity index (χ1v) is 6.20. The number of hydrogen-bond donors (Lipinski definition) is 0. The molecule has 0 spiro atoms. The maximum atomic E-state index is 11.8. The smallest absolute Gasteiger partial charge is 0.355 e. The van der Waals surface area contributed by atoms with Crippen LogP contribution in [0.25, 0.3) is 22.1 Å². The van der Waals surface area contributed by atoms with Crippen molar-refractivity contribution in [1.82, 2.24) is 9.55 Å². The molecule has 0 amide bonds. The van der Waals surface area contributed by atoms with Gasteiger partial charge in [0.2, 0.25) is 0 Å². The minimum absolute atomic E-state index is 0.328. The van der Waals surface area contributed by atoms with Gasteiger partial charge in [0.05, 0.1) is 17.5 Å². The van der Waals surface area contributed by atoms with Gasteiger partial charge in [-0.05, 0) is 13.0 Å². The first kappa shape index (κ1) is 12.0. The van der Waals surface area contributed by atoms with Gasteiger partial charge in [-0.15, -0.1) is 0 Å². The minimum Gasteiger partial charge on any atom is -0.461 e. The van der Waals surface area contributed by atoms with E-state index in [0.29, 0.717) is 34.0 Å². The summed E-state index contributed by atoms with van der Waals surface area (Å²) in [7, 11) is 1.77. The van der Waals surface area contributed by atoms with E-state index in [1.165, 1.54) is 0 Å². The number of esters is 1. The van der Waals surface area contributed by atoms with E-state index in [9.17, 15) is 4.79 Å². The number of furan rings is 1. The molecule has 3 aromatic heterocycles. The maximum Gasteiger partial charge on any atom is 0.355 e. The molecule has 3 heterocycles. The van der Waals surface area contributed by atoms with Crippen molar-refractivity contribution in [1.29, 1.82) is 0 Å². The number of fused-ring (bicyclic) bond motifs is 3. The van der Waals surface area contributed by atoms with Crippen molar-refractivity contribution in [3.8, 4) is 0 Å². The molecule has 0 bridgehead atoms. The number of ether oxygens (including phenoxy) is 1. The zero-order valence-electron chi connectivity index (χ0n) is 10.4. The zero-order valence-corrected chi connectivity index (χ0v) is 11.2. The number of pyridine rings is 1. The molecule has 6 heteroatoms. The SMILES string of the molecule is CCOC(=O)c1cc2oc3ccnc(Cl)c3c2n1C. The summed E-state index contributed by atoms with van der Waals surface area (Å²) in [6.45, 7) is 2.09. The predicted octanol–water partition coefficient (Wildman–Crippen LogP) is 3.15. The lowest BCUT2D eigenvalue weighted by Gasteiger charge is -2.03. The Morgan fingerprint density at radius 3 is 3.05 bits per heavy atom. The van der Waals surface area contributed by atoms with Gasteiger partial charge in [-0.3, -0.25) is 0 Å². The number of aromatic nitrogens is 2. The standard InChI is InChI=1S/C13H11ClN2O3/c1-3-18-13(17)7-6-9-11(16(7)2)10-8(19-9)4-5-15-12(10)14/h4-6H,3H2,1-2H3. The Morgan fingerprint density at radius 2 is 2.32 bits per heavy atom. The van der Waals surface area contributed by atoms with Crippen LogP contribution in [0, 0.1) is 0 Å². The molecule has 3 aromatic rings. The highest BCUT2D eigenvalue weighted by molar-refractivity contribution is 6.36. The Bertz CT molecular complexity index is 788. The van der Waals surface area contributed by atoms with E-state index in [1.807, 2.05) is 0 Å². The first-order valence-electron chi connectivity index (χ1n) is 5.83. The summed E-state index contributed by atoms with van der Waals surface area (Å²) >= 11 is 6.10. The Hall–Kier alpha value is -2.01. The summed E-state index contributed by atoms with van der Waals surface area (Å²) in [5.74, 6) is -0.385. The highest BCUT2D eigenvalue weighted by Gasteiger charge is 2.20. The number of nitrogens with zero attached hydrogens (tertiary/aromatic N) is 2. The van der Waals surface area contributed by atoms with Gasteiger partial charge in [0, 0.05) is 19.3 Å². The van der Waals surface area contributed by atoms with E-state index in [-0.39, 0.29) is 5.97 Å². The van der Waals surface area contributed by atoms with Crippen LogP contribution in [-0.4, -0.2) is 22.1 Å². The van der Waals surface area contributed by atoms with Gasteiger partial charge < -0.3 is 13.7 Å². The fourth-order valence-corrected chi connectivity index (χ4v) is 2.42. The third kappa shape index (κ3) is 1.69. The molecule has 0 aromatic carbocycles. The molecular weight excluding hydrogens is 268 g/mol. The number of carbonyl (C=O) groups is 1. The number of hydrogen-bond acceptors (Lipinski definition) is 4. The van der Waals surface area contributed by atoms with Crippen LogP contribution in [0.3, 0.4) is 0 Å². The van der Waals surface area contributed by atoms with Crippen LogP contribution in [0.1, 0.15) is 17.4 Å². The molecule has 0 unspecified atom stereocenters. The summed E-state index contributed by atoms with van der Waals surface area (Å²) in [5, 5.41) is 1.06. The molecule has 0 aliphatic rings. The van der Waals surface area contributed by atoms with Gasteiger partial charge in [-0.25, -0.2) is 9.78 Å². The Kier molecular flexibility index (Phi) is 2.71. The van der Waals surface area contributed by atoms with Crippen molar-refractivity contribution < 1.29 is 13.9 Å². The summed E-state index contributed by atoms with van der Waals surface area (Å²) < 4.78 is 12.4. The van der Waals surface area contributed by atoms with Gasteiger partial charge in [-0.2, -0.15) is 0 Å². The van der Waals surface area contributed by atoms with Crippen molar-refractivity contribution in [3.63, 3.8) is 0 Å². The van der Waals surface area contributed by atoms with Crippen LogP contribution < -0.4 is 0 Å². The van der Waals surface area contributed by atoms with Gasteiger partial charge in [0.1, 0.15) is 16.4 Å². The lowest BCUT2D eigenvalue weighted by molar-refractivity contribution is 0.0516. The Labute approximate surface area is 113 Å². The zero-order chi connectivity index (χ0) is 13.6. The predicted molar refractivity (Wildman–Crippen MR) is 71.5 cm³/mol. The Balaban J connectivity index is 2.31. The van der Waals surface area contributed by atoms with E-state index in [0.717, 1.165) is 5.52 Å². The first-order chi connectivity index (χ1) is 9.13. The molecule has 0 aliphatic carbocycles. The molecule has 0 radical (unpaired) electrons. The molecule has 0 atom stereocenters. The van der Waals surface area contributed by atoms with Crippen molar-refractivity contribution in [3.05, 3.63) is 29.2 Å². The van der Waals surface area contributed by atoms with Crippen LogP contribution in [0.4, 0.5) is 0 Å². The molecule has 0 fully saturated rings. The molecular formula is C13H11ClN2O3. The van der Waals surface area contributed by atoms with Crippen LogP contribution in [0.5, 0.6) is 0 Å². The van der Waals surface area contributed by atoms with Gasteiger partial charge in [-0.1, -0.05) is 11.6 Å². The van der Waals surface area contributed by atoms with Crippen LogP contribution >= 0.6 is 11.6 Å². The molecule has 98 valence electrons. The van der Waals surface area contributed by atoms with E-state index >= 15 is 0 Å². The molecule has 3 rings (SSSR count). The van der Waals surface area contributed by atoms with Crippen LogP contribution in [0.2, 0.25) is 5.15 Å². The fraction of sp³-hybridized carbons (Fsp3) is 0.231. The van der Waals surface area contributed by atoms with Crippen LogP contribution in [0.15, 0.2) is 22.7 Å². The van der Waals surface area contributed by atoms with Crippen molar-refractivity contribution in [2.75, 3.05) is 6.61 Å². The quantitative estimate of drug-likeness (QED) is 0.534. The van der Waals surface area contributed by atoms with E-state index < -0.39 is 0 Å². The van der Waals surface area contributed by atoms with Gasteiger partial charge in [0.25, 0.3) is 0 Å². The maximum absolute atomic E-state index is 11.8. The third-order valence-electron chi connectivity index (χ3n) is 3.01. The fourth-order valence-electron chi connectivity index (χ4n) is 2.18. The number of rotatable bonds is 2. The van der Waals surface area contributed by atoms with Gasteiger partial charge >= 0.3 is 5.97 Å². The lowest BCUT2D eigenvalue weighted by Crippen LogP contribution is -2.09. The molecule has 0 saturated heterocycles. The monoisotopic (exact) mass is 278 g/mol. The van der Waals surface area contributed by atoms with Crippen molar-refractivity contribution in [2.45, 2.75) is 6.92 Å². The summed E-state index contributed by atoms with van der Waals surface area (Å²) in [4.78, 5) is 15.9. The largest absolute Gasteiger partial charge is 0.461 e. The summed E-state index contributed by atoms with van der Waals surface area (Å²) in [6, 6.07) is 3.40. The second-order valence-electron chi connectivity index (χ2n) is 4.10. The molecule has 0 aliphatic heterocycles. The van der Waals surface area contributed by atoms with Crippen LogP contribution in [-0.2, 0) is 11.8 Å². The topological polar surface area (TPSA) is 57.3 Å². The molecule has 0 saturated carbocycles.